The summed E-state index contributed by atoms with van der Waals surface area (Å²) in [6.07, 6.45) is 17.2. The SMILES string of the molecule is CC(C)CCC[C@@H](C)[C@H]1CC[C@H]2[C@@H]3CC=C4CC(OP(N)O)CC[C@]4(C)[C@H]3CC[C@]12C. The van der Waals surface area contributed by atoms with E-state index in [4.69, 9.17) is 10.0 Å². The van der Waals surface area contributed by atoms with Crippen LogP contribution in [0.5, 0.6) is 0 Å². The van der Waals surface area contributed by atoms with Crippen LogP contribution in [0.15, 0.2) is 11.6 Å². The van der Waals surface area contributed by atoms with E-state index in [-0.39, 0.29) is 6.10 Å². The van der Waals surface area contributed by atoms with Crippen LogP contribution in [0.4, 0.5) is 0 Å². The lowest BCUT2D eigenvalue weighted by molar-refractivity contribution is -0.0558. The van der Waals surface area contributed by atoms with Gasteiger partial charge < -0.3 is 9.42 Å². The summed E-state index contributed by atoms with van der Waals surface area (Å²) in [5.74, 6) is 5.29. The number of hydrogen-bond donors (Lipinski definition) is 2. The third-order valence-electron chi connectivity index (χ3n) is 10.5. The van der Waals surface area contributed by atoms with Crippen molar-refractivity contribution < 1.29 is 9.42 Å². The second-order valence-electron chi connectivity index (χ2n) is 12.6. The van der Waals surface area contributed by atoms with E-state index in [2.05, 4.69) is 40.7 Å². The van der Waals surface area contributed by atoms with Gasteiger partial charge in [0.2, 0.25) is 8.53 Å². The fraction of sp³-hybridized carbons (Fsp3) is 0.926. The molecule has 0 amide bonds. The Morgan fingerprint density at radius 2 is 1.87 bits per heavy atom. The maximum absolute atomic E-state index is 9.53. The van der Waals surface area contributed by atoms with E-state index in [9.17, 15) is 4.89 Å². The maximum Gasteiger partial charge on any atom is 0.250 e. The lowest BCUT2D eigenvalue weighted by Crippen LogP contribution is -2.51. The zero-order valence-corrected chi connectivity index (χ0v) is 21.7. The Morgan fingerprint density at radius 3 is 2.58 bits per heavy atom. The van der Waals surface area contributed by atoms with Crippen LogP contribution in [0.2, 0.25) is 0 Å². The van der Waals surface area contributed by atoms with Gasteiger partial charge >= 0.3 is 0 Å². The van der Waals surface area contributed by atoms with E-state index in [1.807, 2.05) is 0 Å². The summed E-state index contributed by atoms with van der Waals surface area (Å²) in [7, 11) is -1.74. The molecule has 178 valence electrons. The molecule has 0 spiro atoms. The van der Waals surface area contributed by atoms with Gasteiger partial charge in [-0.1, -0.05) is 65.5 Å². The molecule has 0 aromatic heterocycles. The minimum absolute atomic E-state index is 0.119. The smallest absolute Gasteiger partial charge is 0.250 e. The zero-order valence-electron chi connectivity index (χ0n) is 20.8. The van der Waals surface area contributed by atoms with Crippen LogP contribution < -0.4 is 5.50 Å². The fourth-order valence-electron chi connectivity index (χ4n) is 8.89. The molecule has 0 radical (unpaired) electrons. The number of hydrogen-bond acceptors (Lipinski definition) is 3. The van der Waals surface area contributed by atoms with Crippen molar-refractivity contribution in [2.24, 2.45) is 51.8 Å². The highest BCUT2D eigenvalue weighted by Crippen LogP contribution is 2.67. The van der Waals surface area contributed by atoms with Gasteiger partial charge in [-0.05, 0) is 97.7 Å². The highest BCUT2D eigenvalue weighted by atomic mass is 31.2. The van der Waals surface area contributed by atoms with E-state index < -0.39 is 8.53 Å². The van der Waals surface area contributed by atoms with Crippen LogP contribution in [0.25, 0.3) is 0 Å². The Bertz CT molecular complexity index is 664. The molecule has 3 N–H and O–H groups in total. The molecule has 3 saturated carbocycles. The summed E-state index contributed by atoms with van der Waals surface area (Å²) in [6, 6.07) is 0. The maximum atomic E-state index is 9.53. The van der Waals surface area contributed by atoms with Crippen molar-refractivity contribution in [2.45, 2.75) is 111 Å². The third kappa shape index (κ3) is 4.55. The summed E-state index contributed by atoms with van der Waals surface area (Å²) in [6.45, 7) is 12.5. The van der Waals surface area contributed by atoms with E-state index in [0.717, 1.165) is 48.3 Å². The molecule has 0 aromatic rings. The van der Waals surface area contributed by atoms with Crippen LogP contribution in [0.1, 0.15) is 105 Å². The first-order chi connectivity index (χ1) is 14.6. The van der Waals surface area contributed by atoms with Crippen molar-refractivity contribution in [3.05, 3.63) is 11.6 Å². The molecule has 4 aliphatic carbocycles. The molecule has 0 aliphatic heterocycles. The normalized spacial score (nSPS) is 44.3. The van der Waals surface area contributed by atoms with Gasteiger partial charge in [-0.25, -0.2) is 0 Å². The quantitative estimate of drug-likeness (QED) is 0.311. The molecule has 31 heavy (non-hydrogen) atoms. The van der Waals surface area contributed by atoms with Crippen LogP contribution >= 0.6 is 8.53 Å². The summed E-state index contributed by atoms with van der Waals surface area (Å²) >= 11 is 0. The number of rotatable bonds is 7. The molecular weight excluding hydrogens is 401 g/mol. The summed E-state index contributed by atoms with van der Waals surface area (Å²) in [4.78, 5) is 9.53. The average Bonchev–Trinajstić information content (AvgIpc) is 3.05. The zero-order chi connectivity index (χ0) is 22.4. The number of fused-ring (bicyclic) bond motifs is 5. The highest BCUT2D eigenvalue weighted by Gasteiger charge is 2.59. The summed E-state index contributed by atoms with van der Waals surface area (Å²) in [5.41, 5.74) is 8.08. The summed E-state index contributed by atoms with van der Waals surface area (Å²) in [5, 5.41) is 0. The Balaban J connectivity index is 1.46. The molecule has 3 fully saturated rings. The molecule has 4 heteroatoms. The molecule has 0 heterocycles. The molecule has 4 rings (SSSR count). The highest BCUT2D eigenvalue weighted by molar-refractivity contribution is 7.43. The topological polar surface area (TPSA) is 55.5 Å². The van der Waals surface area contributed by atoms with Gasteiger partial charge in [0.15, 0.2) is 0 Å². The predicted molar refractivity (Wildman–Crippen MR) is 131 cm³/mol. The van der Waals surface area contributed by atoms with Gasteiger partial charge in [-0.15, -0.1) is 0 Å². The van der Waals surface area contributed by atoms with E-state index in [1.165, 1.54) is 57.8 Å². The molecular formula is C27H48NO2P. The largest absolute Gasteiger partial charge is 0.338 e. The third-order valence-corrected chi connectivity index (χ3v) is 11.0. The molecule has 3 nitrogen and oxygen atoms in total. The van der Waals surface area contributed by atoms with Crippen LogP contribution in [0.3, 0.4) is 0 Å². The van der Waals surface area contributed by atoms with Crippen LogP contribution in [-0.4, -0.2) is 11.0 Å². The number of nitrogens with two attached hydrogens (primary N) is 1. The summed E-state index contributed by atoms with van der Waals surface area (Å²) < 4.78 is 5.65. The lowest BCUT2D eigenvalue weighted by atomic mass is 9.47. The van der Waals surface area contributed by atoms with Crippen molar-refractivity contribution in [1.82, 2.24) is 0 Å². The van der Waals surface area contributed by atoms with Crippen molar-refractivity contribution in [2.75, 3.05) is 0 Å². The van der Waals surface area contributed by atoms with E-state index in [0.29, 0.717) is 10.8 Å². The Morgan fingerprint density at radius 1 is 1.10 bits per heavy atom. The van der Waals surface area contributed by atoms with E-state index in [1.54, 1.807) is 5.57 Å². The average molecular weight is 450 g/mol. The molecule has 0 bridgehead atoms. The van der Waals surface area contributed by atoms with Gasteiger partial charge in [-0.3, -0.25) is 5.50 Å². The van der Waals surface area contributed by atoms with Gasteiger partial charge in [0.05, 0.1) is 6.10 Å². The second-order valence-corrected chi connectivity index (χ2v) is 13.4. The van der Waals surface area contributed by atoms with Gasteiger partial charge in [0.25, 0.3) is 0 Å². The van der Waals surface area contributed by atoms with Crippen LogP contribution in [-0.2, 0) is 4.52 Å². The lowest BCUT2D eigenvalue weighted by Gasteiger charge is -2.58. The van der Waals surface area contributed by atoms with Crippen molar-refractivity contribution in [3.63, 3.8) is 0 Å². The first-order valence-corrected chi connectivity index (χ1v) is 14.5. The first-order valence-electron chi connectivity index (χ1n) is 13.2. The Kier molecular flexibility index (Phi) is 7.30. The molecule has 9 atom stereocenters. The van der Waals surface area contributed by atoms with Crippen molar-refractivity contribution in [1.29, 1.82) is 0 Å². The second kappa shape index (κ2) is 9.36. The van der Waals surface area contributed by atoms with Crippen molar-refractivity contribution >= 4 is 8.53 Å². The van der Waals surface area contributed by atoms with Gasteiger partial charge in [0, 0.05) is 0 Å². The Hall–Kier alpha value is 0.0500. The molecule has 0 aromatic carbocycles. The minimum atomic E-state index is -1.74. The van der Waals surface area contributed by atoms with Gasteiger partial charge in [0.1, 0.15) is 0 Å². The van der Waals surface area contributed by atoms with E-state index >= 15 is 0 Å². The Labute approximate surface area is 192 Å². The predicted octanol–water partition coefficient (Wildman–Crippen LogP) is 7.59. The van der Waals surface area contributed by atoms with Gasteiger partial charge in [-0.2, -0.15) is 0 Å². The first kappa shape index (κ1) is 24.2. The monoisotopic (exact) mass is 449 g/mol. The minimum Gasteiger partial charge on any atom is -0.338 e. The fourth-order valence-corrected chi connectivity index (χ4v) is 9.38. The molecule has 4 aliphatic rings. The molecule has 0 saturated heterocycles. The number of allylic oxidation sites excluding steroid dienone is 1. The van der Waals surface area contributed by atoms with Crippen molar-refractivity contribution in [3.8, 4) is 0 Å². The molecule has 2 unspecified atom stereocenters. The standard InChI is InChI=1S/C27H48NO2P/c1-18(2)7-6-8-19(3)23-11-12-24-22-10-9-20-17-21(30-31(28)29)13-15-26(20,4)25(22)14-16-27(23,24)5/h9,18-19,21-25,29H,6-8,10-17,28H2,1-5H3/t19-,21?,22+,23-,24+,25+,26+,27-,31?/m1/s1. The van der Waals surface area contributed by atoms with Crippen LogP contribution in [0, 0.1) is 46.3 Å².